The summed E-state index contributed by atoms with van der Waals surface area (Å²) in [6, 6.07) is 0.283. The van der Waals surface area contributed by atoms with E-state index in [9.17, 15) is 14.4 Å². The van der Waals surface area contributed by atoms with E-state index in [4.69, 9.17) is 4.98 Å². The van der Waals surface area contributed by atoms with Crippen molar-refractivity contribution in [1.29, 1.82) is 0 Å². The zero-order valence-corrected chi connectivity index (χ0v) is 20.6. The van der Waals surface area contributed by atoms with Crippen molar-refractivity contribution in [2.24, 2.45) is 0 Å². The molecular formula is C23H32N4O3S2. The minimum Gasteiger partial charge on any atom is -0.352 e. The van der Waals surface area contributed by atoms with Crippen LogP contribution in [0.15, 0.2) is 9.95 Å². The van der Waals surface area contributed by atoms with Crippen LogP contribution >= 0.6 is 23.1 Å². The molecule has 2 amide bonds. The molecule has 0 saturated heterocycles. The van der Waals surface area contributed by atoms with Gasteiger partial charge in [-0.2, -0.15) is 0 Å². The molecule has 0 aromatic carbocycles. The number of nitrogens with one attached hydrogen (secondary N) is 1. The number of hydrogen-bond acceptors (Lipinski definition) is 6. The molecule has 2 heterocycles. The summed E-state index contributed by atoms with van der Waals surface area (Å²) in [5.41, 5.74) is 1.23. The Bertz CT molecular complexity index is 1060. The average Bonchev–Trinajstić information content (AvgIpc) is 3.33. The number of rotatable bonds is 11. The Kier molecular flexibility index (Phi) is 7.55. The fourth-order valence-corrected chi connectivity index (χ4v) is 6.37. The van der Waals surface area contributed by atoms with Crippen molar-refractivity contribution < 1.29 is 9.59 Å². The van der Waals surface area contributed by atoms with E-state index in [2.05, 4.69) is 12.2 Å². The van der Waals surface area contributed by atoms with Crippen LogP contribution in [0.1, 0.15) is 62.3 Å². The van der Waals surface area contributed by atoms with Crippen molar-refractivity contribution in [2.75, 3.05) is 19.3 Å². The van der Waals surface area contributed by atoms with Gasteiger partial charge < -0.3 is 10.2 Å². The lowest BCUT2D eigenvalue weighted by molar-refractivity contribution is -0.132. The third-order valence-electron chi connectivity index (χ3n) is 6.10. The van der Waals surface area contributed by atoms with Gasteiger partial charge in [0.15, 0.2) is 5.16 Å². The van der Waals surface area contributed by atoms with Gasteiger partial charge in [-0.25, -0.2) is 4.98 Å². The molecule has 1 fully saturated rings. The summed E-state index contributed by atoms with van der Waals surface area (Å²) in [6.07, 6.45) is 9.43. The Morgan fingerprint density at radius 1 is 1.25 bits per heavy atom. The van der Waals surface area contributed by atoms with E-state index in [1.54, 1.807) is 23.0 Å². The van der Waals surface area contributed by atoms with E-state index in [0.29, 0.717) is 11.7 Å². The van der Waals surface area contributed by atoms with Crippen LogP contribution in [0.3, 0.4) is 0 Å². The quantitative estimate of drug-likeness (QED) is 0.305. The fraction of sp³-hybridized carbons (Fsp3) is 0.652. The van der Waals surface area contributed by atoms with Gasteiger partial charge in [0, 0.05) is 24.5 Å². The van der Waals surface area contributed by atoms with Crippen molar-refractivity contribution in [2.45, 2.75) is 82.5 Å². The molecule has 0 unspecified atom stereocenters. The summed E-state index contributed by atoms with van der Waals surface area (Å²) in [4.78, 5) is 46.5. The molecule has 1 saturated carbocycles. The summed E-state index contributed by atoms with van der Waals surface area (Å²) in [5.74, 6) is -0.0964. The highest BCUT2D eigenvalue weighted by atomic mass is 32.2. The minimum atomic E-state index is -0.138. The average molecular weight is 477 g/mol. The van der Waals surface area contributed by atoms with Gasteiger partial charge in [0.25, 0.3) is 5.56 Å². The van der Waals surface area contributed by atoms with Crippen LogP contribution < -0.4 is 10.9 Å². The van der Waals surface area contributed by atoms with Crippen molar-refractivity contribution in [3.05, 3.63) is 20.8 Å². The summed E-state index contributed by atoms with van der Waals surface area (Å²) >= 11 is 2.94. The van der Waals surface area contributed by atoms with Crippen LogP contribution in [0, 0.1) is 0 Å². The summed E-state index contributed by atoms with van der Waals surface area (Å²) in [5, 5.41) is 4.31. The summed E-state index contributed by atoms with van der Waals surface area (Å²) < 4.78 is 1.78. The van der Waals surface area contributed by atoms with Crippen LogP contribution in [0.25, 0.3) is 10.2 Å². The Labute approximate surface area is 197 Å². The maximum absolute atomic E-state index is 13.4. The first-order valence-corrected chi connectivity index (χ1v) is 13.5. The molecule has 0 aliphatic heterocycles. The molecule has 2 aliphatic carbocycles. The molecule has 174 valence electrons. The van der Waals surface area contributed by atoms with Crippen LogP contribution in [0.4, 0.5) is 0 Å². The number of amides is 2. The fourth-order valence-electron chi connectivity index (χ4n) is 4.10. The highest BCUT2D eigenvalue weighted by Crippen LogP contribution is 2.35. The third-order valence-corrected chi connectivity index (χ3v) is 8.25. The number of aryl methyl sites for hydroxylation is 2. The van der Waals surface area contributed by atoms with E-state index < -0.39 is 0 Å². The number of thiophene rings is 1. The number of carbonyl (C=O) groups excluding carboxylic acids is 2. The molecule has 4 rings (SSSR count). The Morgan fingerprint density at radius 2 is 2.06 bits per heavy atom. The molecule has 0 atom stereocenters. The SMILES string of the molecule is CCCCCCn1c(SCC(=O)N(C)CC(=O)NC2CC2)nc2sc3c(c2c1=O)CCC3. The minimum absolute atomic E-state index is 0.0398. The molecule has 0 radical (unpaired) electrons. The predicted octanol–water partition coefficient (Wildman–Crippen LogP) is 3.36. The number of thioether (sulfide) groups is 1. The van der Waals surface area contributed by atoms with Crippen molar-refractivity contribution in [3.63, 3.8) is 0 Å². The van der Waals surface area contributed by atoms with Crippen LogP contribution in [-0.4, -0.2) is 51.7 Å². The van der Waals surface area contributed by atoms with Crippen molar-refractivity contribution in [1.82, 2.24) is 19.8 Å². The Balaban J connectivity index is 1.49. The molecule has 1 N–H and O–H groups in total. The summed E-state index contributed by atoms with van der Waals surface area (Å²) in [7, 11) is 1.65. The highest BCUT2D eigenvalue weighted by Gasteiger charge is 2.25. The molecular weight excluding hydrogens is 444 g/mol. The first-order valence-electron chi connectivity index (χ1n) is 11.7. The smallest absolute Gasteiger partial charge is 0.263 e. The number of nitrogens with zero attached hydrogens (tertiary/aromatic N) is 3. The van der Waals surface area contributed by atoms with Gasteiger partial charge >= 0.3 is 0 Å². The number of aromatic nitrogens is 2. The zero-order valence-electron chi connectivity index (χ0n) is 18.9. The van der Waals surface area contributed by atoms with Crippen LogP contribution in [-0.2, 0) is 29.0 Å². The van der Waals surface area contributed by atoms with Crippen molar-refractivity contribution >= 4 is 45.1 Å². The number of unbranched alkanes of at least 4 members (excludes halogenated alkanes) is 3. The highest BCUT2D eigenvalue weighted by molar-refractivity contribution is 7.99. The molecule has 0 spiro atoms. The molecule has 7 nitrogen and oxygen atoms in total. The van der Waals surface area contributed by atoms with Gasteiger partial charge in [-0.05, 0) is 44.1 Å². The second kappa shape index (κ2) is 10.4. The number of likely N-dealkylation sites (N-methyl/N-ethyl adjacent to an activating group) is 1. The second-order valence-corrected chi connectivity index (χ2v) is 10.9. The molecule has 2 aliphatic rings. The maximum atomic E-state index is 13.4. The molecule has 2 aromatic heterocycles. The number of fused-ring (bicyclic) bond motifs is 3. The maximum Gasteiger partial charge on any atom is 0.263 e. The lowest BCUT2D eigenvalue weighted by Crippen LogP contribution is -2.39. The van der Waals surface area contributed by atoms with Gasteiger partial charge in [0.05, 0.1) is 17.7 Å². The zero-order chi connectivity index (χ0) is 22.7. The van der Waals surface area contributed by atoms with Gasteiger partial charge in [0.2, 0.25) is 11.8 Å². The normalized spacial score (nSPS) is 15.2. The molecule has 32 heavy (non-hydrogen) atoms. The third kappa shape index (κ3) is 5.36. The Morgan fingerprint density at radius 3 is 2.81 bits per heavy atom. The number of carbonyl (C=O) groups is 2. The predicted molar refractivity (Wildman–Crippen MR) is 130 cm³/mol. The van der Waals surface area contributed by atoms with E-state index in [0.717, 1.165) is 68.0 Å². The second-order valence-electron chi connectivity index (χ2n) is 8.83. The van der Waals surface area contributed by atoms with Crippen molar-refractivity contribution in [3.8, 4) is 0 Å². The molecule has 2 aromatic rings. The number of hydrogen-bond donors (Lipinski definition) is 1. The first kappa shape index (κ1) is 23.3. The lowest BCUT2D eigenvalue weighted by Gasteiger charge is -2.17. The van der Waals surface area contributed by atoms with Gasteiger partial charge in [-0.15, -0.1) is 11.3 Å². The van der Waals surface area contributed by atoms with Crippen LogP contribution in [0.5, 0.6) is 0 Å². The van der Waals surface area contributed by atoms with E-state index in [-0.39, 0.29) is 35.7 Å². The van der Waals surface area contributed by atoms with E-state index >= 15 is 0 Å². The summed E-state index contributed by atoms with van der Waals surface area (Å²) in [6.45, 7) is 2.86. The van der Waals surface area contributed by atoms with Gasteiger partial charge in [-0.3, -0.25) is 19.0 Å². The van der Waals surface area contributed by atoms with Gasteiger partial charge in [-0.1, -0.05) is 37.9 Å². The standard InChI is InChI=1S/C23H32N4O3S2/c1-3-4-5-6-12-27-22(30)20-16-8-7-9-17(16)32-21(20)25-23(27)31-14-19(29)26(2)13-18(28)24-15-10-11-15/h15H,3-14H2,1-2H3,(H,24,28). The van der Waals surface area contributed by atoms with Gasteiger partial charge in [0.1, 0.15) is 4.83 Å². The van der Waals surface area contributed by atoms with E-state index in [1.807, 2.05) is 0 Å². The largest absolute Gasteiger partial charge is 0.352 e. The van der Waals surface area contributed by atoms with E-state index in [1.165, 1.54) is 27.1 Å². The molecule has 9 heteroatoms. The van der Waals surface area contributed by atoms with Crippen LogP contribution in [0.2, 0.25) is 0 Å². The molecule has 0 bridgehead atoms. The monoisotopic (exact) mass is 476 g/mol. The Hall–Kier alpha value is -1.87. The lowest BCUT2D eigenvalue weighted by atomic mass is 10.2. The first-order chi connectivity index (χ1) is 15.5. The topological polar surface area (TPSA) is 84.3 Å².